The molecule has 0 aliphatic carbocycles. The molecule has 1 aliphatic heterocycles. The molecule has 3 unspecified atom stereocenters. The number of nitrogens with one attached hydrogen (secondary N) is 2. The Morgan fingerprint density at radius 1 is 1.16 bits per heavy atom. The number of amides is 2. The topological polar surface area (TPSA) is 343 Å². The van der Waals surface area contributed by atoms with Crippen LogP contribution < -0.4 is 15.4 Å². The van der Waals surface area contributed by atoms with Gasteiger partial charge in [-0.25, -0.2) is 18.7 Å². The van der Waals surface area contributed by atoms with Gasteiger partial charge in [0.15, 0.2) is 11.2 Å². The van der Waals surface area contributed by atoms with Crippen LogP contribution in [0.2, 0.25) is 0 Å². The van der Waals surface area contributed by atoms with Gasteiger partial charge in [-0.2, -0.15) is 31.8 Å². The number of benzene rings is 1. The number of ether oxygens (including phenoxy) is 2. The summed E-state index contributed by atoms with van der Waals surface area (Å²) in [5.41, 5.74) is -0.730. The maximum Gasteiger partial charge on any atom is 0.490 e. The molecule has 0 bridgehead atoms. The normalized spacial score (nSPS) is 20.1. The van der Waals surface area contributed by atoms with Crippen LogP contribution >= 0.6 is 23.5 Å². The first kappa shape index (κ1) is 43.3. The Morgan fingerprint density at radius 2 is 1.85 bits per heavy atom. The van der Waals surface area contributed by atoms with Crippen LogP contribution in [0.5, 0.6) is 5.88 Å². The zero-order valence-corrected chi connectivity index (χ0v) is 30.3. The molecule has 0 saturated carbocycles. The molecule has 3 aromatic rings. The second-order valence-electron chi connectivity index (χ2n) is 10.9. The summed E-state index contributed by atoms with van der Waals surface area (Å²) in [7, 11) is -17.0. The molecule has 2 amide bonds. The number of aliphatic hydroxyl groups excluding tert-OH is 1. The van der Waals surface area contributed by atoms with Gasteiger partial charge in [0.1, 0.15) is 18.4 Å². The number of phosphoric ester groups is 1. The van der Waals surface area contributed by atoms with Crippen LogP contribution in [0.25, 0.3) is 11.2 Å². The van der Waals surface area contributed by atoms with E-state index >= 15 is 0 Å². The van der Waals surface area contributed by atoms with E-state index in [1.165, 1.54) is 28.9 Å². The lowest BCUT2D eigenvalue weighted by atomic mass is 10.1. The minimum absolute atomic E-state index is 0.0131. The van der Waals surface area contributed by atoms with Gasteiger partial charge < -0.3 is 39.5 Å². The summed E-state index contributed by atoms with van der Waals surface area (Å²) in [6.07, 6.45) is -9.48. The molecule has 4 rings (SSSR count). The molecule has 30 heteroatoms. The van der Waals surface area contributed by atoms with Crippen LogP contribution in [-0.4, -0.2) is 92.5 Å². The number of phosphoric acid groups is 3. The van der Waals surface area contributed by atoms with Crippen molar-refractivity contribution in [3.8, 4) is 17.7 Å². The molecule has 1 aliphatic rings. The number of carbonyl (C=O) groups excluding carboxylic acids is 2. The first-order chi connectivity index (χ1) is 25.3. The zero-order chi connectivity index (χ0) is 41.1. The summed E-state index contributed by atoms with van der Waals surface area (Å²) in [5.74, 6) is 1.15. The lowest BCUT2D eigenvalue weighted by molar-refractivity contribution is -0.386. The number of carbonyl (C=O) groups is 2. The maximum atomic E-state index is 12.4. The summed E-state index contributed by atoms with van der Waals surface area (Å²) < 4.78 is 96.3. The Labute approximate surface area is 304 Å². The van der Waals surface area contributed by atoms with Crippen molar-refractivity contribution in [3.63, 3.8) is 0 Å². The average Bonchev–Trinajstić information content (AvgIpc) is 3.62. The number of nitrogens with zero attached hydrogens (tertiary/aromatic N) is 5. The second-order valence-corrected chi connectivity index (χ2v) is 15.4. The number of imidazole rings is 1. The standard InChI is InChI=1S/C25H27F3N7O17P3/c1-12(15-6-5-14(8-16(15)35(39)40)4-3-7-29-23(38)25(26,27)28)49-22-20-21(32-24(33-22)31-13(2)36)34(11-30-20)19-9-17(37)18(50-19)10-48-54(44,45)52-55(46,47)51-53(41,42)43/h5-6,8,11-12,17-19,37H,7,9-10H2,1-2H3,(H,29,38)(H,44,45)(H,46,47)(H2,41,42,43)(H,31,32,33,36)/t12?,17-,18+,19+/m0/s1. The molecule has 1 aromatic carbocycles. The molecule has 300 valence electrons. The van der Waals surface area contributed by atoms with Gasteiger partial charge in [0, 0.05) is 25.0 Å². The van der Waals surface area contributed by atoms with Gasteiger partial charge in [0.05, 0.1) is 36.1 Å². The third-order valence-corrected chi connectivity index (χ3v) is 10.6. The maximum absolute atomic E-state index is 12.4. The number of halogens is 3. The highest BCUT2D eigenvalue weighted by Gasteiger charge is 2.43. The molecule has 1 fully saturated rings. The number of fused-ring (bicyclic) bond motifs is 1. The molecule has 3 heterocycles. The number of hydrogen-bond donors (Lipinski definition) is 7. The van der Waals surface area contributed by atoms with Gasteiger partial charge in [-0.3, -0.25) is 34.1 Å². The number of alkyl halides is 3. The Balaban J connectivity index is 1.55. The lowest BCUT2D eigenvalue weighted by Crippen LogP contribution is -2.36. The summed E-state index contributed by atoms with van der Waals surface area (Å²) in [5, 5.41) is 26.4. The number of nitro groups is 1. The molecule has 55 heavy (non-hydrogen) atoms. The third kappa shape index (κ3) is 12.0. The van der Waals surface area contributed by atoms with Crippen molar-refractivity contribution >= 4 is 58.1 Å². The number of nitro benzene ring substituents is 1. The molecular weight excluding hydrogens is 820 g/mol. The summed E-state index contributed by atoms with van der Waals surface area (Å²) in [4.78, 5) is 82.9. The van der Waals surface area contributed by atoms with Crippen molar-refractivity contribution in [1.82, 2.24) is 24.8 Å². The van der Waals surface area contributed by atoms with Crippen LogP contribution in [0.15, 0.2) is 24.5 Å². The summed E-state index contributed by atoms with van der Waals surface area (Å²) >= 11 is 0. The molecule has 6 atom stereocenters. The SMILES string of the molecule is CC(=O)Nc1nc(OC(C)c2ccc(C#CCNC(=O)C(F)(F)F)cc2[N+](=O)[O-])c2ncn([C@H]3C[C@H](O)[C@@H](COP(=O)(O)OP(=O)(O)OP(=O)(O)O)O3)c2n1. The minimum Gasteiger partial charge on any atom is -0.468 e. The molecule has 7 N–H and O–H groups in total. The summed E-state index contributed by atoms with van der Waals surface area (Å²) in [6, 6.07) is 3.57. The average molecular weight is 847 g/mol. The second kappa shape index (κ2) is 16.8. The number of aromatic nitrogens is 4. The van der Waals surface area contributed by atoms with Crippen LogP contribution in [-0.2, 0) is 41.2 Å². The van der Waals surface area contributed by atoms with Gasteiger partial charge in [-0.05, 0) is 19.1 Å². The Kier molecular flexibility index (Phi) is 13.2. The predicted molar refractivity (Wildman–Crippen MR) is 172 cm³/mol. The van der Waals surface area contributed by atoms with Crippen molar-refractivity contribution < 1.29 is 88.7 Å². The van der Waals surface area contributed by atoms with E-state index in [1.807, 2.05) is 0 Å². The highest BCUT2D eigenvalue weighted by molar-refractivity contribution is 7.66. The monoisotopic (exact) mass is 847 g/mol. The number of anilines is 1. The zero-order valence-electron chi connectivity index (χ0n) is 27.6. The van der Waals surface area contributed by atoms with E-state index in [0.29, 0.717) is 0 Å². The van der Waals surface area contributed by atoms with Gasteiger partial charge in [0.25, 0.3) is 5.69 Å². The predicted octanol–water partition coefficient (Wildman–Crippen LogP) is 1.85. The van der Waals surface area contributed by atoms with Crippen LogP contribution in [0, 0.1) is 22.0 Å². The van der Waals surface area contributed by atoms with E-state index in [9.17, 15) is 61.5 Å². The van der Waals surface area contributed by atoms with E-state index < -0.39 is 89.8 Å². The molecule has 2 aromatic heterocycles. The van der Waals surface area contributed by atoms with Crippen molar-refractivity contribution in [2.45, 2.75) is 51.0 Å². The van der Waals surface area contributed by atoms with E-state index in [4.69, 9.17) is 19.3 Å². The van der Waals surface area contributed by atoms with Crippen LogP contribution in [0.4, 0.5) is 24.8 Å². The molecule has 0 spiro atoms. The van der Waals surface area contributed by atoms with Gasteiger partial charge in [0.2, 0.25) is 17.7 Å². The van der Waals surface area contributed by atoms with Crippen molar-refractivity contribution in [3.05, 3.63) is 45.8 Å². The molecular formula is C25H27F3N7O17P3. The van der Waals surface area contributed by atoms with Gasteiger partial charge in [-0.15, -0.1) is 0 Å². The fourth-order valence-electron chi connectivity index (χ4n) is 4.63. The highest BCUT2D eigenvalue weighted by atomic mass is 31.3. The van der Waals surface area contributed by atoms with Gasteiger partial charge in [-0.1, -0.05) is 11.8 Å². The lowest BCUT2D eigenvalue weighted by Gasteiger charge is -2.19. The number of rotatable bonds is 14. The number of hydrogen-bond acceptors (Lipinski definition) is 16. The first-order valence-corrected chi connectivity index (χ1v) is 19.3. The minimum atomic E-state index is -5.82. The largest absolute Gasteiger partial charge is 0.490 e. The molecule has 24 nitrogen and oxygen atoms in total. The summed E-state index contributed by atoms with van der Waals surface area (Å²) in [6.45, 7) is 0.838. The fourth-order valence-corrected chi connectivity index (χ4v) is 7.66. The van der Waals surface area contributed by atoms with Crippen LogP contribution in [0.1, 0.15) is 43.7 Å². The highest BCUT2D eigenvalue weighted by Crippen LogP contribution is 2.66. The van der Waals surface area contributed by atoms with Crippen molar-refractivity contribution in [2.75, 3.05) is 18.5 Å². The fraction of sp³-hybridized carbons (Fsp3) is 0.400. The Morgan fingerprint density at radius 3 is 2.47 bits per heavy atom. The molecule has 0 radical (unpaired) electrons. The van der Waals surface area contributed by atoms with E-state index in [1.54, 1.807) is 0 Å². The van der Waals surface area contributed by atoms with Crippen LogP contribution in [0.3, 0.4) is 0 Å². The van der Waals surface area contributed by atoms with E-state index in [0.717, 1.165) is 19.3 Å². The number of aliphatic hydroxyl groups is 1. The van der Waals surface area contributed by atoms with Crippen molar-refractivity contribution in [1.29, 1.82) is 0 Å². The Bertz CT molecular complexity index is 2190. The Hall–Kier alpha value is -4.41. The smallest absolute Gasteiger partial charge is 0.468 e. The first-order valence-electron chi connectivity index (χ1n) is 14.8. The van der Waals surface area contributed by atoms with E-state index in [2.05, 4.69) is 45.3 Å². The van der Waals surface area contributed by atoms with Crippen molar-refractivity contribution in [2.24, 2.45) is 0 Å². The molecule has 1 saturated heterocycles. The van der Waals surface area contributed by atoms with E-state index in [-0.39, 0.29) is 40.5 Å². The third-order valence-electron chi connectivity index (χ3n) is 6.79. The van der Waals surface area contributed by atoms with Gasteiger partial charge >= 0.3 is 35.6 Å². The quantitative estimate of drug-likeness (QED) is 0.0527.